The molecule has 0 aliphatic carbocycles. The van der Waals surface area contributed by atoms with Gasteiger partial charge in [0.1, 0.15) is 5.82 Å². The van der Waals surface area contributed by atoms with Gasteiger partial charge in [-0.2, -0.15) is 0 Å². The fraction of sp³-hybridized carbons (Fsp3) is 0. The second-order valence-electron chi connectivity index (χ2n) is 5.30. The predicted molar refractivity (Wildman–Crippen MR) is 98.7 cm³/mol. The van der Waals surface area contributed by atoms with E-state index in [0.29, 0.717) is 27.3 Å². The van der Waals surface area contributed by atoms with Gasteiger partial charge in [0.25, 0.3) is 0 Å². The van der Waals surface area contributed by atoms with Gasteiger partial charge in [-0.05, 0) is 36.4 Å². The number of benzene rings is 2. The highest BCUT2D eigenvalue weighted by Crippen LogP contribution is 2.31. The Morgan fingerprint density at radius 3 is 2.88 bits per heavy atom. The van der Waals surface area contributed by atoms with E-state index in [0.717, 1.165) is 0 Å². The number of rotatable bonds is 3. The lowest BCUT2D eigenvalue weighted by atomic mass is 10.1. The van der Waals surface area contributed by atoms with Crippen LogP contribution in [0.5, 0.6) is 0 Å². The van der Waals surface area contributed by atoms with E-state index < -0.39 is 23.6 Å². The van der Waals surface area contributed by atoms with Crippen LogP contribution < -0.4 is 5.32 Å². The van der Waals surface area contributed by atoms with Crippen molar-refractivity contribution in [3.05, 3.63) is 71.4 Å². The van der Waals surface area contributed by atoms with Gasteiger partial charge in [0.2, 0.25) is 0 Å². The molecule has 0 atom stereocenters. The Labute approximate surface area is 152 Å². The van der Waals surface area contributed by atoms with Crippen LogP contribution in [-0.4, -0.2) is 21.0 Å². The Balaban J connectivity index is 2.09. The van der Waals surface area contributed by atoms with E-state index in [2.05, 4.69) is 15.3 Å². The summed E-state index contributed by atoms with van der Waals surface area (Å²) in [7, 11) is 0. The second-order valence-corrected chi connectivity index (χ2v) is 5.73. The van der Waals surface area contributed by atoms with E-state index in [1.165, 1.54) is 6.20 Å². The molecule has 122 valence electrons. The number of pyridine rings is 2. The van der Waals surface area contributed by atoms with Crippen molar-refractivity contribution in [2.75, 3.05) is 5.32 Å². The first-order valence-corrected chi connectivity index (χ1v) is 7.69. The topological polar surface area (TPSA) is 75.1 Å². The third kappa shape index (κ3) is 2.86. The summed E-state index contributed by atoms with van der Waals surface area (Å²) < 4.78 is 24.6. The molecule has 5 nitrogen and oxygen atoms in total. The zero-order valence-electron chi connectivity index (χ0n) is 15.7. The van der Waals surface area contributed by atoms with Crippen LogP contribution in [0.15, 0.2) is 60.9 Å². The molecule has 0 saturated carbocycles. The Hall–Kier alpha value is -3.18. The summed E-state index contributed by atoms with van der Waals surface area (Å²) in [6.07, 6.45) is 3.08. The molecule has 0 bridgehead atoms. The Kier molecular flexibility index (Phi) is 2.95. The van der Waals surface area contributed by atoms with Crippen LogP contribution in [0.25, 0.3) is 21.7 Å². The molecule has 0 saturated heterocycles. The van der Waals surface area contributed by atoms with Crippen molar-refractivity contribution < 1.29 is 14.0 Å². The minimum Gasteiger partial charge on any atom is -0.478 e. The number of nitrogens with one attached hydrogen (secondary N) is 1. The summed E-state index contributed by atoms with van der Waals surface area (Å²) in [4.78, 5) is 20.0. The molecular formula is C19H12ClN3O2. The summed E-state index contributed by atoms with van der Waals surface area (Å²) in [6, 6.07) is 7.45. The average Bonchev–Trinajstić information content (AvgIpc) is 2.66. The minimum atomic E-state index is -1.44. The largest absolute Gasteiger partial charge is 0.478 e. The molecule has 2 aromatic carbocycles. The average molecular weight is 353 g/mol. The Morgan fingerprint density at radius 1 is 1.20 bits per heavy atom. The molecule has 2 N–H and O–H groups in total. The smallest absolute Gasteiger partial charge is 0.335 e. The van der Waals surface area contributed by atoms with Crippen LogP contribution >= 0.6 is 11.6 Å². The molecule has 6 heteroatoms. The van der Waals surface area contributed by atoms with Crippen molar-refractivity contribution in [3.8, 4) is 0 Å². The van der Waals surface area contributed by atoms with Gasteiger partial charge in [-0.25, -0.2) is 9.78 Å². The summed E-state index contributed by atoms with van der Waals surface area (Å²) in [6.45, 7) is 0. The number of carboxylic acid groups (broad SMARTS) is 1. The fourth-order valence-electron chi connectivity index (χ4n) is 2.55. The lowest BCUT2D eigenvalue weighted by molar-refractivity contribution is 0.0697. The molecule has 0 unspecified atom stereocenters. The van der Waals surface area contributed by atoms with E-state index in [1.807, 2.05) is 0 Å². The first-order chi connectivity index (χ1) is 13.4. The molecule has 0 amide bonds. The number of fused-ring (bicyclic) bond motifs is 3. The van der Waals surface area contributed by atoms with Crippen molar-refractivity contribution in [3.63, 3.8) is 0 Å². The summed E-state index contributed by atoms with van der Waals surface area (Å²) in [5, 5.41) is 14.4. The van der Waals surface area contributed by atoms with Gasteiger partial charge < -0.3 is 10.4 Å². The SMILES string of the molecule is [2H]c1c(C(=O)O)c([2H])c2nc(Nc3cccc(Cl)c3)c3ccncc3c2c1[2H]. The molecule has 0 aliphatic heterocycles. The number of aromatic nitrogens is 2. The van der Waals surface area contributed by atoms with E-state index >= 15 is 0 Å². The van der Waals surface area contributed by atoms with Crippen LogP contribution in [0.1, 0.15) is 14.5 Å². The van der Waals surface area contributed by atoms with Gasteiger partial charge in [0.15, 0.2) is 0 Å². The van der Waals surface area contributed by atoms with Crippen LogP contribution in [-0.2, 0) is 0 Å². The highest BCUT2D eigenvalue weighted by atomic mass is 35.5. The first kappa shape index (κ1) is 12.2. The van der Waals surface area contributed by atoms with Gasteiger partial charge in [0.05, 0.1) is 15.2 Å². The molecule has 0 radical (unpaired) electrons. The fourth-order valence-corrected chi connectivity index (χ4v) is 2.74. The number of aromatic carboxylic acids is 1. The molecule has 2 heterocycles. The third-order valence-electron chi connectivity index (χ3n) is 3.66. The number of nitrogens with zero attached hydrogens (tertiary/aromatic N) is 2. The number of hydrogen-bond donors (Lipinski definition) is 2. The minimum absolute atomic E-state index is 0.0171. The number of halogens is 1. The van der Waals surface area contributed by atoms with Crippen molar-refractivity contribution in [1.82, 2.24) is 9.97 Å². The predicted octanol–water partition coefficient (Wildman–Crippen LogP) is 4.88. The van der Waals surface area contributed by atoms with Gasteiger partial charge in [-0.3, -0.25) is 4.98 Å². The zero-order valence-corrected chi connectivity index (χ0v) is 13.4. The lowest BCUT2D eigenvalue weighted by Gasteiger charge is -2.12. The van der Waals surface area contributed by atoms with E-state index in [9.17, 15) is 9.90 Å². The number of carboxylic acids is 1. The van der Waals surface area contributed by atoms with E-state index in [1.54, 1.807) is 36.5 Å². The van der Waals surface area contributed by atoms with Gasteiger partial charge in [-0.1, -0.05) is 23.7 Å². The molecule has 25 heavy (non-hydrogen) atoms. The van der Waals surface area contributed by atoms with Gasteiger partial charge in [0, 0.05) is 39.3 Å². The molecule has 0 fully saturated rings. The highest BCUT2D eigenvalue weighted by molar-refractivity contribution is 6.30. The Bertz CT molecular complexity index is 1280. The zero-order chi connectivity index (χ0) is 20.0. The van der Waals surface area contributed by atoms with Gasteiger partial charge >= 0.3 is 5.97 Å². The maximum atomic E-state index is 11.5. The first-order valence-electron chi connectivity index (χ1n) is 8.81. The van der Waals surface area contributed by atoms with Crippen molar-refractivity contribution in [2.45, 2.75) is 0 Å². The molecular weight excluding hydrogens is 338 g/mol. The third-order valence-corrected chi connectivity index (χ3v) is 3.90. The number of hydrogen-bond acceptors (Lipinski definition) is 4. The molecule has 0 aliphatic rings. The van der Waals surface area contributed by atoms with Crippen LogP contribution in [0.2, 0.25) is 5.02 Å². The molecule has 4 aromatic rings. The summed E-state index contributed by atoms with van der Waals surface area (Å²) >= 11 is 6.03. The van der Waals surface area contributed by atoms with E-state index in [-0.39, 0.29) is 16.9 Å². The van der Waals surface area contributed by atoms with Crippen LogP contribution in [0.4, 0.5) is 11.5 Å². The molecule has 2 aromatic heterocycles. The summed E-state index contributed by atoms with van der Waals surface area (Å²) in [5.74, 6) is -1.07. The van der Waals surface area contributed by atoms with Gasteiger partial charge in [-0.15, -0.1) is 0 Å². The number of carbonyl (C=O) groups is 1. The van der Waals surface area contributed by atoms with Crippen molar-refractivity contribution in [1.29, 1.82) is 0 Å². The van der Waals surface area contributed by atoms with E-state index in [4.69, 9.17) is 15.7 Å². The monoisotopic (exact) mass is 352 g/mol. The maximum Gasteiger partial charge on any atom is 0.335 e. The normalized spacial score (nSPS) is 12.6. The highest BCUT2D eigenvalue weighted by Gasteiger charge is 2.11. The maximum absolute atomic E-state index is 11.5. The van der Waals surface area contributed by atoms with Crippen molar-refractivity contribution in [2.24, 2.45) is 0 Å². The standard InChI is InChI=1S/C19H12ClN3O2/c20-12-2-1-3-13(9-12)22-18-15-6-7-21-10-16(15)14-5-4-11(19(24)25)8-17(14)23-18/h1-10H,(H,22,23)(H,24,25)/i4D,5D,8D. The van der Waals surface area contributed by atoms with Crippen LogP contribution in [0, 0.1) is 0 Å². The molecule has 4 rings (SSSR count). The quantitative estimate of drug-likeness (QED) is 0.514. The Morgan fingerprint density at radius 2 is 2.08 bits per heavy atom. The lowest BCUT2D eigenvalue weighted by Crippen LogP contribution is -1.99. The second kappa shape index (κ2) is 6.03. The van der Waals surface area contributed by atoms with Crippen LogP contribution in [0.3, 0.4) is 0 Å². The molecule has 0 spiro atoms. The summed E-state index contributed by atoms with van der Waals surface area (Å²) in [5.41, 5.74) is 0.121. The van der Waals surface area contributed by atoms with Crippen molar-refractivity contribution >= 4 is 50.8 Å². The number of anilines is 2.